The fourth-order valence-electron chi connectivity index (χ4n) is 3.11. The number of carbonyl (C=O) groups is 2. The molecule has 4 aromatic rings. The molecule has 0 aliphatic heterocycles. The molecule has 1 heterocycles. The standard InChI is InChI=1S/C23H16ClFN4O3/c24-14-5-8-16(9-6-14)27-22(31)17-3-1-2-4-20(17)28-21(30)12-29-13-26-19-10-7-15(25)11-18(19)23(29)32/h1-11,13H,12H2,(H,27,31)(H,28,30). The molecule has 3 aromatic carbocycles. The fraction of sp³-hybridized carbons (Fsp3) is 0.0435. The van der Waals surface area contributed by atoms with Gasteiger partial charge in [-0.15, -0.1) is 0 Å². The zero-order valence-corrected chi connectivity index (χ0v) is 17.3. The monoisotopic (exact) mass is 450 g/mol. The highest BCUT2D eigenvalue weighted by atomic mass is 35.5. The van der Waals surface area contributed by atoms with Gasteiger partial charge in [-0.05, 0) is 54.6 Å². The van der Waals surface area contributed by atoms with Gasteiger partial charge in [0.05, 0.1) is 28.5 Å². The summed E-state index contributed by atoms with van der Waals surface area (Å²) in [5.74, 6) is -1.54. The van der Waals surface area contributed by atoms with Crippen LogP contribution in [0.3, 0.4) is 0 Å². The second-order valence-electron chi connectivity index (χ2n) is 6.89. The minimum atomic E-state index is -0.570. The molecule has 1 aromatic heterocycles. The predicted molar refractivity (Wildman–Crippen MR) is 120 cm³/mol. The highest BCUT2D eigenvalue weighted by Crippen LogP contribution is 2.19. The summed E-state index contributed by atoms with van der Waals surface area (Å²) in [6.07, 6.45) is 1.22. The minimum absolute atomic E-state index is 0.0723. The number of anilines is 2. The lowest BCUT2D eigenvalue weighted by Crippen LogP contribution is -2.28. The van der Waals surface area contributed by atoms with E-state index in [1.807, 2.05) is 0 Å². The summed E-state index contributed by atoms with van der Waals surface area (Å²) in [5, 5.41) is 5.98. The largest absolute Gasteiger partial charge is 0.324 e. The van der Waals surface area contributed by atoms with Crippen molar-refractivity contribution in [3.05, 3.63) is 99.8 Å². The molecule has 0 aliphatic rings. The van der Waals surface area contributed by atoms with Gasteiger partial charge in [0.15, 0.2) is 0 Å². The first kappa shape index (κ1) is 21.2. The maximum absolute atomic E-state index is 13.5. The van der Waals surface area contributed by atoms with E-state index in [2.05, 4.69) is 15.6 Å². The first-order valence-corrected chi connectivity index (χ1v) is 9.89. The molecule has 0 bridgehead atoms. The van der Waals surface area contributed by atoms with E-state index in [0.29, 0.717) is 16.2 Å². The number of hydrogen-bond acceptors (Lipinski definition) is 4. The van der Waals surface area contributed by atoms with E-state index < -0.39 is 23.2 Å². The van der Waals surface area contributed by atoms with E-state index >= 15 is 0 Å². The summed E-state index contributed by atoms with van der Waals surface area (Å²) in [6.45, 7) is -0.356. The summed E-state index contributed by atoms with van der Waals surface area (Å²) in [7, 11) is 0. The Morgan fingerprint density at radius 1 is 1.00 bits per heavy atom. The Bertz CT molecular complexity index is 1390. The Morgan fingerprint density at radius 3 is 2.53 bits per heavy atom. The average Bonchev–Trinajstić information content (AvgIpc) is 2.78. The van der Waals surface area contributed by atoms with Gasteiger partial charge in [-0.25, -0.2) is 9.37 Å². The van der Waals surface area contributed by atoms with Crippen LogP contribution in [0.15, 0.2) is 77.9 Å². The molecule has 0 aliphatic carbocycles. The molecular weight excluding hydrogens is 435 g/mol. The van der Waals surface area contributed by atoms with Crippen molar-refractivity contribution in [2.45, 2.75) is 6.54 Å². The molecule has 32 heavy (non-hydrogen) atoms. The van der Waals surface area contributed by atoms with Crippen LogP contribution in [-0.4, -0.2) is 21.4 Å². The number of aromatic nitrogens is 2. The Balaban J connectivity index is 1.52. The van der Waals surface area contributed by atoms with Gasteiger partial charge in [0.2, 0.25) is 5.91 Å². The van der Waals surface area contributed by atoms with E-state index in [-0.39, 0.29) is 23.2 Å². The van der Waals surface area contributed by atoms with Crippen molar-refractivity contribution in [2.24, 2.45) is 0 Å². The molecule has 2 N–H and O–H groups in total. The predicted octanol–water partition coefficient (Wildman–Crippen LogP) is 4.08. The third kappa shape index (κ3) is 4.65. The van der Waals surface area contributed by atoms with Crippen LogP contribution in [0, 0.1) is 5.82 Å². The van der Waals surface area contributed by atoms with Gasteiger partial charge >= 0.3 is 0 Å². The van der Waals surface area contributed by atoms with Crippen LogP contribution in [0.2, 0.25) is 5.02 Å². The summed E-state index contributed by atoms with van der Waals surface area (Å²) < 4.78 is 14.6. The third-order valence-corrected chi connectivity index (χ3v) is 4.90. The normalized spacial score (nSPS) is 10.7. The van der Waals surface area contributed by atoms with Crippen LogP contribution >= 0.6 is 11.6 Å². The summed E-state index contributed by atoms with van der Waals surface area (Å²) in [5.41, 5.74) is 0.843. The van der Waals surface area contributed by atoms with Crippen molar-refractivity contribution < 1.29 is 14.0 Å². The second kappa shape index (κ2) is 8.99. The van der Waals surface area contributed by atoms with Crippen LogP contribution in [0.4, 0.5) is 15.8 Å². The maximum Gasteiger partial charge on any atom is 0.261 e. The highest BCUT2D eigenvalue weighted by Gasteiger charge is 2.15. The van der Waals surface area contributed by atoms with Crippen molar-refractivity contribution in [2.75, 3.05) is 10.6 Å². The molecule has 0 atom stereocenters. The summed E-state index contributed by atoms with van der Waals surface area (Å²) in [6, 6.07) is 16.8. The Morgan fingerprint density at radius 2 is 1.75 bits per heavy atom. The number of rotatable bonds is 5. The molecular formula is C23H16ClFN4O3. The van der Waals surface area contributed by atoms with Gasteiger partial charge in [0.1, 0.15) is 12.4 Å². The van der Waals surface area contributed by atoms with Gasteiger partial charge in [-0.2, -0.15) is 0 Å². The van der Waals surface area contributed by atoms with Gasteiger partial charge in [-0.3, -0.25) is 19.0 Å². The summed E-state index contributed by atoms with van der Waals surface area (Å²) >= 11 is 5.86. The van der Waals surface area contributed by atoms with Crippen molar-refractivity contribution >= 4 is 45.7 Å². The molecule has 0 saturated heterocycles. The number of fused-ring (bicyclic) bond motifs is 1. The number of hydrogen-bond donors (Lipinski definition) is 2. The van der Waals surface area contributed by atoms with Gasteiger partial charge in [0.25, 0.3) is 11.5 Å². The molecule has 0 radical (unpaired) electrons. The molecule has 0 unspecified atom stereocenters. The second-order valence-corrected chi connectivity index (χ2v) is 7.33. The Hall–Kier alpha value is -4.04. The van der Waals surface area contributed by atoms with E-state index in [1.54, 1.807) is 48.5 Å². The summed E-state index contributed by atoms with van der Waals surface area (Å²) in [4.78, 5) is 41.9. The van der Waals surface area contributed by atoms with E-state index in [1.165, 1.54) is 18.5 Å². The number of halogens is 2. The molecule has 4 rings (SSSR count). The van der Waals surface area contributed by atoms with Gasteiger partial charge in [0, 0.05) is 10.7 Å². The number of amides is 2. The molecule has 9 heteroatoms. The average molecular weight is 451 g/mol. The lowest BCUT2D eigenvalue weighted by Gasteiger charge is -2.12. The first-order valence-electron chi connectivity index (χ1n) is 9.51. The first-order chi connectivity index (χ1) is 15.4. The molecule has 0 saturated carbocycles. The van der Waals surface area contributed by atoms with Crippen LogP contribution in [0.5, 0.6) is 0 Å². The third-order valence-electron chi connectivity index (χ3n) is 4.65. The molecule has 160 valence electrons. The highest BCUT2D eigenvalue weighted by molar-refractivity contribution is 6.30. The zero-order chi connectivity index (χ0) is 22.7. The SMILES string of the molecule is O=C(Cn1cnc2ccc(F)cc2c1=O)Nc1ccccc1C(=O)Nc1ccc(Cl)cc1. The topological polar surface area (TPSA) is 93.1 Å². The number of nitrogens with one attached hydrogen (secondary N) is 2. The number of nitrogens with zero attached hydrogens (tertiary/aromatic N) is 2. The number of carbonyl (C=O) groups excluding carboxylic acids is 2. The molecule has 0 fully saturated rings. The Labute approximate surface area is 186 Å². The van der Waals surface area contributed by atoms with Gasteiger partial charge < -0.3 is 10.6 Å². The number of para-hydroxylation sites is 1. The number of benzene rings is 3. The lowest BCUT2D eigenvalue weighted by molar-refractivity contribution is -0.116. The maximum atomic E-state index is 13.5. The van der Waals surface area contributed by atoms with E-state index in [0.717, 1.165) is 10.6 Å². The van der Waals surface area contributed by atoms with Crippen molar-refractivity contribution in [3.8, 4) is 0 Å². The lowest BCUT2D eigenvalue weighted by atomic mass is 10.1. The fourth-order valence-corrected chi connectivity index (χ4v) is 3.24. The van der Waals surface area contributed by atoms with Crippen molar-refractivity contribution in [1.29, 1.82) is 0 Å². The molecule has 0 spiro atoms. The van der Waals surface area contributed by atoms with Crippen LogP contribution in [0.1, 0.15) is 10.4 Å². The van der Waals surface area contributed by atoms with Crippen LogP contribution in [0.25, 0.3) is 10.9 Å². The van der Waals surface area contributed by atoms with E-state index in [9.17, 15) is 18.8 Å². The van der Waals surface area contributed by atoms with Crippen LogP contribution in [-0.2, 0) is 11.3 Å². The van der Waals surface area contributed by atoms with Crippen LogP contribution < -0.4 is 16.2 Å². The van der Waals surface area contributed by atoms with Gasteiger partial charge in [-0.1, -0.05) is 23.7 Å². The smallest absolute Gasteiger partial charge is 0.261 e. The molecule has 2 amide bonds. The van der Waals surface area contributed by atoms with E-state index in [4.69, 9.17) is 11.6 Å². The quantitative estimate of drug-likeness (QED) is 0.479. The minimum Gasteiger partial charge on any atom is -0.324 e. The Kier molecular flexibility index (Phi) is 5.96. The van der Waals surface area contributed by atoms with Crippen molar-refractivity contribution in [1.82, 2.24) is 9.55 Å². The molecule has 7 nitrogen and oxygen atoms in total. The zero-order valence-electron chi connectivity index (χ0n) is 16.5. The van der Waals surface area contributed by atoms with Crippen molar-refractivity contribution in [3.63, 3.8) is 0 Å².